The molecule has 0 radical (unpaired) electrons. The Labute approximate surface area is 218 Å². The van der Waals surface area contributed by atoms with Crippen LogP contribution in [0.5, 0.6) is 0 Å². The molecule has 1 atom stereocenters. The summed E-state index contributed by atoms with van der Waals surface area (Å²) in [4.78, 5) is 4.86. The van der Waals surface area contributed by atoms with Gasteiger partial charge in [-0.2, -0.15) is 0 Å². The number of amidine groups is 1. The van der Waals surface area contributed by atoms with Crippen LogP contribution in [0.3, 0.4) is 0 Å². The average molecular weight is 510 g/mol. The van der Waals surface area contributed by atoms with Gasteiger partial charge in [-0.05, 0) is 49.1 Å². The fraction of sp³-hybridized carbons (Fsp3) is 0.129. The molecule has 0 saturated heterocycles. The largest absolute Gasteiger partial charge is 0.365 e. The molecule has 5 rings (SSSR count). The minimum Gasteiger partial charge on any atom is -0.365 e. The summed E-state index contributed by atoms with van der Waals surface area (Å²) in [6.45, 7) is 4.22. The minimum atomic E-state index is -2.46. The minimum absolute atomic E-state index is 0.703. The summed E-state index contributed by atoms with van der Waals surface area (Å²) >= 11 is 1.73. The lowest BCUT2D eigenvalue weighted by Gasteiger charge is -2.34. The normalized spacial score (nSPS) is 15.9. The van der Waals surface area contributed by atoms with Crippen molar-refractivity contribution in [1.29, 1.82) is 0 Å². The summed E-state index contributed by atoms with van der Waals surface area (Å²) in [5, 5.41) is 21.1. The van der Waals surface area contributed by atoms with Gasteiger partial charge in [0.1, 0.15) is 34.0 Å². The average Bonchev–Trinajstić information content (AvgIpc) is 2.93. The Kier molecular flexibility index (Phi) is 7.38. The number of thioether (sulfide) groups is 1. The molecule has 1 aliphatic rings. The van der Waals surface area contributed by atoms with Crippen molar-refractivity contribution in [2.45, 2.75) is 20.1 Å². The van der Waals surface area contributed by atoms with Gasteiger partial charge in [-0.25, -0.2) is 4.99 Å². The zero-order valence-electron chi connectivity index (χ0n) is 20.5. The molecule has 0 bridgehead atoms. The Balaban J connectivity index is 1.80. The second kappa shape index (κ2) is 10.8. The van der Waals surface area contributed by atoms with Crippen molar-refractivity contribution in [3.8, 4) is 0 Å². The van der Waals surface area contributed by atoms with Crippen LogP contribution in [0, 0.1) is 6.92 Å². The summed E-state index contributed by atoms with van der Waals surface area (Å²) in [6.07, 6.45) is -0.981. The van der Waals surface area contributed by atoms with Crippen molar-refractivity contribution < 1.29 is 5.11 Å². The maximum atomic E-state index is 11.9. The van der Waals surface area contributed by atoms with Crippen LogP contribution in [0.1, 0.15) is 18.1 Å². The molecule has 2 N–H and O–H groups in total. The van der Waals surface area contributed by atoms with E-state index in [4.69, 9.17) is 4.99 Å². The van der Waals surface area contributed by atoms with Crippen LogP contribution < -0.4 is 21.2 Å². The zero-order chi connectivity index (χ0) is 25.0. The molecule has 5 heteroatoms. The van der Waals surface area contributed by atoms with Gasteiger partial charge in [0, 0.05) is 5.56 Å². The van der Waals surface area contributed by atoms with E-state index in [2.05, 4.69) is 116 Å². The van der Waals surface area contributed by atoms with E-state index in [1.807, 2.05) is 18.2 Å². The number of aryl methyl sites for hydroxylation is 1. The standard InChI is InChI=1S/C31H30N2OPS/c1-3-36-31-28(30(34)32-29(33-31)24-21-19-23(2)20-22-24)35(25-13-7-4-8-14-25,26-15-9-5-10-16-26)27-17-11-6-12-18-27/h4-22,30,34H,3H2,1-2H3,(H,32,33)/q+1/t30-/m1/s1. The molecular weight excluding hydrogens is 479 g/mol. The lowest BCUT2D eigenvalue weighted by Crippen LogP contribution is -2.41. The van der Waals surface area contributed by atoms with E-state index in [-0.39, 0.29) is 0 Å². The van der Waals surface area contributed by atoms with E-state index in [0.717, 1.165) is 21.7 Å². The summed E-state index contributed by atoms with van der Waals surface area (Å²) in [6, 6.07) is 40.1. The first-order chi connectivity index (χ1) is 17.6. The molecule has 1 aliphatic heterocycles. The van der Waals surface area contributed by atoms with E-state index in [0.29, 0.717) is 5.84 Å². The third kappa shape index (κ3) is 4.53. The lowest BCUT2D eigenvalue weighted by atomic mass is 10.1. The van der Waals surface area contributed by atoms with Crippen molar-refractivity contribution in [2.75, 3.05) is 5.75 Å². The number of nitrogens with one attached hydrogen (secondary N) is 1. The number of aliphatic hydroxyl groups is 1. The Hall–Kier alpha value is -3.17. The van der Waals surface area contributed by atoms with Gasteiger partial charge in [-0.1, -0.05) is 91.3 Å². The Bertz CT molecular complexity index is 1270. The highest BCUT2D eigenvalue weighted by molar-refractivity contribution is 8.05. The molecule has 0 spiro atoms. The third-order valence-corrected chi connectivity index (χ3v) is 11.8. The number of hydrogen-bond acceptors (Lipinski definition) is 4. The molecule has 0 amide bonds. The van der Waals surface area contributed by atoms with Gasteiger partial charge in [-0.3, -0.25) is 0 Å². The summed E-state index contributed by atoms with van der Waals surface area (Å²) in [7, 11) is -2.46. The monoisotopic (exact) mass is 509 g/mol. The zero-order valence-corrected chi connectivity index (χ0v) is 22.2. The Morgan fingerprint density at radius 2 is 1.22 bits per heavy atom. The first-order valence-corrected chi connectivity index (χ1v) is 15.0. The molecular formula is C31H30N2OPS+. The van der Waals surface area contributed by atoms with Crippen molar-refractivity contribution >= 4 is 40.8 Å². The van der Waals surface area contributed by atoms with Crippen LogP contribution in [-0.4, -0.2) is 22.9 Å². The summed E-state index contributed by atoms with van der Waals surface area (Å²) < 4.78 is 0. The molecule has 1 heterocycles. The Morgan fingerprint density at radius 3 is 1.67 bits per heavy atom. The smallest absolute Gasteiger partial charge is 0.209 e. The summed E-state index contributed by atoms with van der Waals surface area (Å²) in [5.74, 6) is 1.58. The quantitative estimate of drug-likeness (QED) is 0.320. The molecule has 36 heavy (non-hydrogen) atoms. The Morgan fingerprint density at radius 1 is 0.750 bits per heavy atom. The first-order valence-electron chi connectivity index (χ1n) is 12.2. The van der Waals surface area contributed by atoms with Gasteiger partial charge in [0.2, 0.25) is 6.23 Å². The van der Waals surface area contributed by atoms with E-state index in [1.165, 1.54) is 21.5 Å². The highest BCUT2D eigenvalue weighted by Crippen LogP contribution is 2.65. The number of rotatable bonds is 7. The predicted molar refractivity (Wildman–Crippen MR) is 157 cm³/mol. The summed E-state index contributed by atoms with van der Waals surface area (Å²) in [5.41, 5.74) is 2.16. The van der Waals surface area contributed by atoms with E-state index < -0.39 is 13.5 Å². The number of aliphatic hydroxyl groups excluding tert-OH is 1. The van der Waals surface area contributed by atoms with Crippen molar-refractivity contribution in [3.63, 3.8) is 0 Å². The molecule has 0 fully saturated rings. The maximum absolute atomic E-state index is 11.9. The van der Waals surface area contributed by atoms with E-state index in [1.54, 1.807) is 11.8 Å². The van der Waals surface area contributed by atoms with Gasteiger partial charge < -0.3 is 10.4 Å². The molecule has 0 aliphatic carbocycles. The van der Waals surface area contributed by atoms with Crippen LogP contribution in [0.25, 0.3) is 0 Å². The van der Waals surface area contributed by atoms with Crippen molar-refractivity contribution in [2.24, 2.45) is 4.99 Å². The second-order valence-electron chi connectivity index (χ2n) is 8.67. The van der Waals surface area contributed by atoms with E-state index in [9.17, 15) is 5.11 Å². The maximum Gasteiger partial charge on any atom is 0.209 e. The number of nitrogens with zero attached hydrogens (tertiary/aromatic N) is 1. The van der Waals surface area contributed by atoms with Gasteiger partial charge >= 0.3 is 0 Å². The lowest BCUT2D eigenvalue weighted by molar-refractivity contribution is 0.226. The topological polar surface area (TPSA) is 44.6 Å². The molecule has 0 saturated carbocycles. The fourth-order valence-electron chi connectivity index (χ4n) is 4.76. The van der Waals surface area contributed by atoms with E-state index >= 15 is 0 Å². The SMILES string of the molecule is CCSC1=C([P+](c2ccccc2)(c2ccccc2)c2ccccc2)[C@@H](O)N=C(c2ccc(C)cc2)N1. The highest BCUT2D eigenvalue weighted by atomic mass is 32.2. The molecule has 3 nitrogen and oxygen atoms in total. The van der Waals surface area contributed by atoms with Crippen molar-refractivity contribution in [1.82, 2.24) is 5.32 Å². The van der Waals surface area contributed by atoms with Crippen LogP contribution in [-0.2, 0) is 0 Å². The fourth-order valence-corrected chi connectivity index (χ4v) is 10.4. The third-order valence-electron chi connectivity index (χ3n) is 6.37. The van der Waals surface area contributed by atoms with Crippen molar-refractivity contribution in [3.05, 3.63) is 137 Å². The molecule has 180 valence electrons. The van der Waals surface area contributed by atoms with Gasteiger partial charge in [-0.15, -0.1) is 11.8 Å². The molecule has 4 aromatic carbocycles. The van der Waals surface area contributed by atoms with Gasteiger partial charge in [0.05, 0.1) is 0 Å². The second-order valence-corrected chi connectivity index (χ2v) is 13.3. The van der Waals surface area contributed by atoms with Crippen LogP contribution in [0.15, 0.2) is 131 Å². The van der Waals surface area contributed by atoms with Crippen LogP contribution in [0.4, 0.5) is 0 Å². The first kappa shape index (κ1) is 24.5. The molecule has 0 unspecified atom stereocenters. The highest BCUT2D eigenvalue weighted by Gasteiger charge is 2.54. The van der Waals surface area contributed by atoms with Crippen LogP contribution >= 0.6 is 19.0 Å². The van der Waals surface area contributed by atoms with Gasteiger partial charge in [0.15, 0.2) is 5.31 Å². The van der Waals surface area contributed by atoms with Crippen LogP contribution in [0.2, 0.25) is 0 Å². The number of aliphatic imine (C=N–C) groups is 1. The predicted octanol–water partition coefficient (Wildman–Crippen LogP) is 5.58. The molecule has 0 aromatic heterocycles. The number of hydrogen-bond donors (Lipinski definition) is 2. The van der Waals surface area contributed by atoms with Gasteiger partial charge in [0.25, 0.3) is 0 Å². The molecule has 4 aromatic rings. The number of benzene rings is 4.